The second-order valence-corrected chi connectivity index (χ2v) is 5.36. The summed E-state index contributed by atoms with van der Waals surface area (Å²) in [6, 6.07) is 3.45. The third-order valence-corrected chi connectivity index (χ3v) is 3.43. The highest BCUT2D eigenvalue weighted by Gasteiger charge is 2.12. The van der Waals surface area contributed by atoms with Gasteiger partial charge in [0.2, 0.25) is 0 Å². The van der Waals surface area contributed by atoms with Gasteiger partial charge < -0.3 is 4.42 Å². The molecule has 4 nitrogen and oxygen atoms in total. The Bertz CT molecular complexity index is 687. The SMILES string of the molecule is CCCn1c(=O)oc(=O)c2cc(Br)cc(Br)c21. The van der Waals surface area contributed by atoms with Crippen molar-refractivity contribution in [3.05, 3.63) is 42.0 Å². The highest BCUT2D eigenvalue weighted by Crippen LogP contribution is 2.25. The molecule has 0 saturated carbocycles. The number of fused-ring (bicyclic) bond motifs is 1. The van der Waals surface area contributed by atoms with Gasteiger partial charge in [-0.1, -0.05) is 22.9 Å². The van der Waals surface area contributed by atoms with Crippen LogP contribution in [0.1, 0.15) is 13.3 Å². The Kier molecular flexibility index (Phi) is 3.53. The minimum Gasteiger partial charge on any atom is -0.372 e. The summed E-state index contributed by atoms with van der Waals surface area (Å²) in [4.78, 5) is 23.3. The van der Waals surface area contributed by atoms with Gasteiger partial charge in [0.05, 0.1) is 10.9 Å². The van der Waals surface area contributed by atoms with Crippen LogP contribution in [0, 0.1) is 0 Å². The predicted molar refractivity (Wildman–Crippen MR) is 72.4 cm³/mol. The van der Waals surface area contributed by atoms with Crippen LogP contribution in [0.2, 0.25) is 0 Å². The van der Waals surface area contributed by atoms with Crippen LogP contribution in [0.25, 0.3) is 10.9 Å². The number of halogens is 2. The average Bonchev–Trinajstić information content (AvgIpc) is 2.24. The van der Waals surface area contributed by atoms with Gasteiger partial charge >= 0.3 is 11.4 Å². The molecule has 1 heterocycles. The van der Waals surface area contributed by atoms with E-state index in [2.05, 4.69) is 31.9 Å². The van der Waals surface area contributed by atoms with Crippen molar-refractivity contribution in [3.8, 4) is 0 Å². The fourth-order valence-electron chi connectivity index (χ4n) is 1.70. The average molecular weight is 363 g/mol. The van der Waals surface area contributed by atoms with Gasteiger partial charge in [-0.3, -0.25) is 4.57 Å². The molecule has 90 valence electrons. The maximum atomic E-state index is 11.6. The van der Waals surface area contributed by atoms with Gasteiger partial charge in [0.1, 0.15) is 0 Å². The monoisotopic (exact) mass is 361 g/mol. The molecule has 2 rings (SSSR count). The molecular formula is C11H9Br2NO3. The fourth-order valence-corrected chi connectivity index (χ4v) is 3.14. The number of hydrogen-bond donors (Lipinski definition) is 0. The summed E-state index contributed by atoms with van der Waals surface area (Å²) >= 11 is 6.67. The van der Waals surface area contributed by atoms with E-state index in [1.807, 2.05) is 6.92 Å². The Hall–Kier alpha value is -0.880. The molecule has 1 aromatic heterocycles. The van der Waals surface area contributed by atoms with E-state index in [9.17, 15) is 9.59 Å². The van der Waals surface area contributed by atoms with Crippen LogP contribution in [0.5, 0.6) is 0 Å². The Labute approximate surface area is 114 Å². The van der Waals surface area contributed by atoms with Gasteiger partial charge in [-0.05, 0) is 34.5 Å². The second-order valence-electron chi connectivity index (χ2n) is 3.59. The van der Waals surface area contributed by atoms with Crippen molar-refractivity contribution >= 4 is 42.8 Å². The summed E-state index contributed by atoms with van der Waals surface area (Å²) in [7, 11) is 0. The van der Waals surface area contributed by atoms with Gasteiger partial charge in [-0.2, -0.15) is 0 Å². The van der Waals surface area contributed by atoms with Crippen LogP contribution in [0.15, 0.2) is 35.1 Å². The van der Waals surface area contributed by atoms with E-state index in [1.165, 1.54) is 4.57 Å². The summed E-state index contributed by atoms with van der Waals surface area (Å²) < 4.78 is 7.61. The first-order valence-corrected chi connectivity index (χ1v) is 6.66. The van der Waals surface area contributed by atoms with Crippen molar-refractivity contribution in [3.63, 3.8) is 0 Å². The highest BCUT2D eigenvalue weighted by atomic mass is 79.9. The number of aryl methyl sites for hydroxylation is 1. The van der Waals surface area contributed by atoms with E-state index in [0.29, 0.717) is 21.9 Å². The molecular weight excluding hydrogens is 354 g/mol. The Morgan fingerprint density at radius 1 is 1.29 bits per heavy atom. The van der Waals surface area contributed by atoms with Gasteiger partial charge in [0, 0.05) is 15.5 Å². The van der Waals surface area contributed by atoms with Crippen molar-refractivity contribution in [1.29, 1.82) is 0 Å². The molecule has 1 aromatic carbocycles. The Balaban J connectivity index is 3.00. The quantitative estimate of drug-likeness (QED) is 0.825. The molecule has 17 heavy (non-hydrogen) atoms. The minimum atomic E-state index is -0.618. The number of nitrogens with zero attached hydrogens (tertiary/aromatic N) is 1. The summed E-state index contributed by atoms with van der Waals surface area (Å²) in [5, 5.41) is 0.388. The van der Waals surface area contributed by atoms with Crippen molar-refractivity contribution in [2.24, 2.45) is 0 Å². The molecule has 6 heteroatoms. The topological polar surface area (TPSA) is 52.2 Å². The Morgan fingerprint density at radius 2 is 2.00 bits per heavy atom. The molecule has 0 fully saturated rings. The fraction of sp³-hybridized carbons (Fsp3) is 0.273. The molecule has 0 radical (unpaired) electrons. The minimum absolute atomic E-state index is 0.388. The van der Waals surface area contributed by atoms with Gasteiger partial charge in [-0.25, -0.2) is 9.59 Å². The van der Waals surface area contributed by atoms with Crippen molar-refractivity contribution in [2.45, 2.75) is 19.9 Å². The standard InChI is InChI=1S/C11H9Br2NO3/c1-2-3-14-9-7(10(15)17-11(14)16)4-6(12)5-8(9)13/h4-5H,2-3H2,1H3. The lowest BCUT2D eigenvalue weighted by atomic mass is 10.2. The lowest BCUT2D eigenvalue weighted by Gasteiger charge is -2.08. The van der Waals surface area contributed by atoms with E-state index in [0.717, 1.165) is 10.9 Å². The van der Waals surface area contributed by atoms with E-state index >= 15 is 0 Å². The zero-order valence-corrected chi connectivity index (χ0v) is 12.2. The molecule has 0 amide bonds. The first kappa shape index (κ1) is 12.6. The molecule has 2 aromatic rings. The highest BCUT2D eigenvalue weighted by molar-refractivity contribution is 9.11. The molecule has 0 aliphatic heterocycles. The summed E-state index contributed by atoms with van der Waals surface area (Å²) in [5.74, 6) is -0.618. The number of rotatable bonds is 2. The van der Waals surface area contributed by atoms with Crippen LogP contribution < -0.4 is 11.4 Å². The third-order valence-electron chi connectivity index (χ3n) is 2.37. The van der Waals surface area contributed by atoms with Crippen molar-refractivity contribution < 1.29 is 4.42 Å². The Morgan fingerprint density at radius 3 is 2.65 bits per heavy atom. The summed E-state index contributed by atoms with van der Waals surface area (Å²) in [6.07, 6.45) is 0.783. The van der Waals surface area contributed by atoms with Crippen LogP contribution in [0.4, 0.5) is 0 Å². The second kappa shape index (κ2) is 4.78. The summed E-state index contributed by atoms with van der Waals surface area (Å²) in [5.41, 5.74) is -0.0318. The molecule has 0 atom stereocenters. The number of hydrogen-bond acceptors (Lipinski definition) is 3. The van der Waals surface area contributed by atoms with Crippen LogP contribution in [-0.2, 0) is 6.54 Å². The molecule has 0 aliphatic rings. The van der Waals surface area contributed by atoms with Crippen molar-refractivity contribution in [1.82, 2.24) is 4.57 Å². The first-order valence-electron chi connectivity index (χ1n) is 5.07. The predicted octanol–water partition coefficient (Wildman–Crippen LogP) is 2.89. The van der Waals surface area contributed by atoms with Gasteiger partial charge in [0.15, 0.2) is 0 Å². The van der Waals surface area contributed by atoms with E-state index in [-0.39, 0.29) is 0 Å². The van der Waals surface area contributed by atoms with Crippen molar-refractivity contribution in [2.75, 3.05) is 0 Å². The van der Waals surface area contributed by atoms with Crippen LogP contribution >= 0.6 is 31.9 Å². The summed E-state index contributed by atoms with van der Waals surface area (Å²) in [6.45, 7) is 2.47. The van der Waals surface area contributed by atoms with Gasteiger partial charge in [-0.15, -0.1) is 0 Å². The van der Waals surface area contributed by atoms with E-state index in [4.69, 9.17) is 4.42 Å². The molecule has 0 bridgehead atoms. The molecule has 0 aliphatic carbocycles. The first-order chi connectivity index (χ1) is 8.04. The molecule has 0 saturated heterocycles. The molecule has 0 spiro atoms. The number of benzene rings is 1. The number of aromatic nitrogens is 1. The van der Waals surface area contributed by atoms with E-state index < -0.39 is 11.4 Å². The normalized spacial score (nSPS) is 11.0. The smallest absolute Gasteiger partial charge is 0.372 e. The molecule has 0 unspecified atom stereocenters. The van der Waals surface area contributed by atoms with Crippen LogP contribution in [0.3, 0.4) is 0 Å². The lowest BCUT2D eigenvalue weighted by Crippen LogP contribution is -2.25. The maximum absolute atomic E-state index is 11.6. The third kappa shape index (κ3) is 2.24. The van der Waals surface area contributed by atoms with Crippen LogP contribution in [-0.4, -0.2) is 4.57 Å². The zero-order chi connectivity index (χ0) is 12.6. The maximum Gasteiger partial charge on any atom is 0.422 e. The lowest BCUT2D eigenvalue weighted by molar-refractivity contribution is 0.415. The largest absolute Gasteiger partial charge is 0.422 e. The van der Waals surface area contributed by atoms with Gasteiger partial charge in [0.25, 0.3) is 0 Å². The van der Waals surface area contributed by atoms with E-state index in [1.54, 1.807) is 12.1 Å². The zero-order valence-electron chi connectivity index (χ0n) is 9.00. The molecule has 0 N–H and O–H groups in total.